The van der Waals surface area contributed by atoms with Gasteiger partial charge in [0.25, 0.3) is 0 Å². The Morgan fingerprint density at radius 3 is 2.65 bits per heavy atom. The van der Waals surface area contributed by atoms with Gasteiger partial charge in [-0.3, -0.25) is 9.48 Å². The molecule has 1 atom stereocenters. The third kappa shape index (κ3) is 5.33. The Morgan fingerprint density at radius 1 is 1.45 bits per heavy atom. The Bertz CT molecular complexity index is 420. The summed E-state index contributed by atoms with van der Waals surface area (Å²) >= 11 is 0. The lowest BCUT2D eigenvalue weighted by atomic mass is 9.76. The Kier molecular flexibility index (Phi) is 6.20. The second-order valence-electron chi connectivity index (χ2n) is 6.31. The number of anilines is 1. The summed E-state index contributed by atoms with van der Waals surface area (Å²) in [5.74, 6) is 0.517. The van der Waals surface area contributed by atoms with E-state index in [1.807, 2.05) is 13.1 Å². The number of carbonyl (C=O) groups is 1. The minimum absolute atomic E-state index is 0.0481. The normalized spacial score (nSPS) is 13.2. The monoisotopic (exact) mass is 280 g/mol. The van der Waals surface area contributed by atoms with Gasteiger partial charge in [-0.25, -0.2) is 0 Å². The summed E-state index contributed by atoms with van der Waals surface area (Å²) < 4.78 is 1.79. The van der Waals surface area contributed by atoms with Crippen LogP contribution in [0.4, 0.5) is 5.69 Å². The molecule has 1 amide bonds. The largest absolute Gasteiger partial charge is 0.330 e. The second kappa shape index (κ2) is 7.43. The number of aromatic nitrogens is 2. The number of rotatable bonds is 7. The van der Waals surface area contributed by atoms with E-state index in [4.69, 9.17) is 5.73 Å². The minimum atomic E-state index is 0.0481. The third-order valence-electron chi connectivity index (χ3n) is 3.70. The van der Waals surface area contributed by atoms with Gasteiger partial charge in [-0.2, -0.15) is 5.10 Å². The average molecular weight is 280 g/mol. The highest BCUT2D eigenvalue weighted by Crippen LogP contribution is 2.32. The van der Waals surface area contributed by atoms with Crippen LogP contribution in [0.15, 0.2) is 12.4 Å². The molecular weight excluding hydrogens is 252 g/mol. The van der Waals surface area contributed by atoms with Crippen molar-refractivity contribution in [2.75, 3.05) is 11.9 Å². The standard InChI is InChI=1S/C15H28N4O/c1-5-19-11-13(10-17-19)18-14(20)7-6-12(8-9-16)15(2,3)4/h10-12H,5-9,16H2,1-4H3,(H,18,20). The first-order valence-corrected chi connectivity index (χ1v) is 7.39. The van der Waals surface area contributed by atoms with Crippen LogP contribution in [0.2, 0.25) is 0 Å². The van der Waals surface area contributed by atoms with Crippen LogP contribution in [0.25, 0.3) is 0 Å². The molecule has 0 spiro atoms. The summed E-state index contributed by atoms with van der Waals surface area (Å²) in [5.41, 5.74) is 6.62. The topological polar surface area (TPSA) is 72.9 Å². The predicted molar refractivity (Wildman–Crippen MR) is 82.4 cm³/mol. The van der Waals surface area contributed by atoms with Crippen molar-refractivity contribution in [1.29, 1.82) is 0 Å². The molecule has 0 fully saturated rings. The lowest BCUT2D eigenvalue weighted by Crippen LogP contribution is -2.25. The van der Waals surface area contributed by atoms with Crippen molar-refractivity contribution in [2.45, 2.75) is 53.5 Å². The lowest BCUT2D eigenvalue weighted by molar-refractivity contribution is -0.116. The summed E-state index contributed by atoms with van der Waals surface area (Å²) in [7, 11) is 0. The predicted octanol–water partition coefficient (Wildman–Crippen LogP) is 2.63. The summed E-state index contributed by atoms with van der Waals surface area (Å²) in [6.07, 6.45) is 5.89. The molecule has 0 aliphatic heterocycles. The van der Waals surface area contributed by atoms with Crippen molar-refractivity contribution < 1.29 is 4.79 Å². The number of aryl methyl sites for hydroxylation is 1. The zero-order chi connectivity index (χ0) is 15.2. The molecule has 1 aromatic rings. The van der Waals surface area contributed by atoms with Crippen LogP contribution in [-0.4, -0.2) is 22.2 Å². The Morgan fingerprint density at radius 2 is 2.15 bits per heavy atom. The van der Waals surface area contributed by atoms with E-state index in [-0.39, 0.29) is 11.3 Å². The van der Waals surface area contributed by atoms with Gasteiger partial charge in [-0.15, -0.1) is 0 Å². The van der Waals surface area contributed by atoms with E-state index in [0.717, 1.165) is 25.1 Å². The summed E-state index contributed by atoms with van der Waals surface area (Å²) in [4.78, 5) is 12.0. The number of nitrogens with one attached hydrogen (secondary N) is 1. The van der Waals surface area contributed by atoms with Crippen LogP contribution in [-0.2, 0) is 11.3 Å². The number of carbonyl (C=O) groups excluding carboxylic acids is 1. The fourth-order valence-electron chi connectivity index (χ4n) is 2.34. The van der Waals surface area contributed by atoms with E-state index in [1.165, 1.54) is 0 Å². The van der Waals surface area contributed by atoms with Crippen LogP contribution in [0, 0.1) is 11.3 Å². The maximum absolute atomic E-state index is 12.0. The van der Waals surface area contributed by atoms with Crippen molar-refractivity contribution in [3.63, 3.8) is 0 Å². The molecule has 114 valence electrons. The smallest absolute Gasteiger partial charge is 0.224 e. The van der Waals surface area contributed by atoms with Crippen LogP contribution < -0.4 is 11.1 Å². The zero-order valence-corrected chi connectivity index (χ0v) is 13.1. The Labute approximate surface area is 121 Å². The van der Waals surface area contributed by atoms with Crippen molar-refractivity contribution >= 4 is 11.6 Å². The summed E-state index contributed by atoms with van der Waals surface area (Å²) in [6, 6.07) is 0. The van der Waals surface area contributed by atoms with Gasteiger partial charge < -0.3 is 11.1 Å². The highest BCUT2D eigenvalue weighted by Gasteiger charge is 2.24. The molecule has 0 saturated heterocycles. The van der Waals surface area contributed by atoms with Gasteiger partial charge in [0.1, 0.15) is 0 Å². The van der Waals surface area contributed by atoms with Crippen LogP contribution >= 0.6 is 0 Å². The SMILES string of the molecule is CCn1cc(NC(=O)CCC(CCN)C(C)(C)C)cn1. The molecule has 20 heavy (non-hydrogen) atoms. The lowest BCUT2D eigenvalue weighted by Gasteiger charge is -2.30. The summed E-state index contributed by atoms with van der Waals surface area (Å²) in [6.45, 7) is 10.1. The number of hydrogen-bond donors (Lipinski definition) is 2. The molecule has 0 aliphatic rings. The molecule has 0 radical (unpaired) electrons. The highest BCUT2D eigenvalue weighted by molar-refractivity contribution is 5.90. The number of hydrogen-bond acceptors (Lipinski definition) is 3. The first-order valence-electron chi connectivity index (χ1n) is 7.39. The molecule has 0 saturated carbocycles. The molecule has 5 heteroatoms. The molecule has 1 rings (SSSR count). The van der Waals surface area contributed by atoms with Crippen molar-refractivity contribution in [3.8, 4) is 0 Å². The van der Waals surface area contributed by atoms with E-state index in [1.54, 1.807) is 10.9 Å². The van der Waals surface area contributed by atoms with Gasteiger partial charge in [0.05, 0.1) is 11.9 Å². The molecule has 0 bridgehead atoms. The van der Waals surface area contributed by atoms with Crippen molar-refractivity contribution in [2.24, 2.45) is 17.1 Å². The van der Waals surface area contributed by atoms with E-state index in [0.29, 0.717) is 18.9 Å². The fourth-order valence-corrected chi connectivity index (χ4v) is 2.34. The molecule has 0 aliphatic carbocycles. The Balaban J connectivity index is 2.45. The minimum Gasteiger partial charge on any atom is -0.330 e. The summed E-state index contributed by atoms with van der Waals surface area (Å²) in [5, 5.41) is 7.03. The molecule has 5 nitrogen and oxygen atoms in total. The number of nitrogens with two attached hydrogens (primary N) is 1. The van der Waals surface area contributed by atoms with Crippen molar-refractivity contribution in [1.82, 2.24) is 9.78 Å². The first-order chi connectivity index (χ1) is 9.36. The van der Waals surface area contributed by atoms with Crippen LogP contribution in [0.5, 0.6) is 0 Å². The molecule has 1 aromatic heterocycles. The highest BCUT2D eigenvalue weighted by atomic mass is 16.1. The van der Waals surface area contributed by atoms with E-state index < -0.39 is 0 Å². The van der Waals surface area contributed by atoms with Crippen molar-refractivity contribution in [3.05, 3.63) is 12.4 Å². The third-order valence-corrected chi connectivity index (χ3v) is 3.70. The van der Waals surface area contributed by atoms with E-state index in [2.05, 4.69) is 31.2 Å². The molecule has 1 unspecified atom stereocenters. The van der Waals surface area contributed by atoms with Gasteiger partial charge in [-0.05, 0) is 37.6 Å². The van der Waals surface area contributed by atoms with Crippen LogP contribution in [0.1, 0.15) is 47.0 Å². The zero-order valence-electron chi connectivity index (χ0n) is 13.1. The van der Waals surface area contributed by atoms with Crippen LogP contribution in [0.3, 0.4) is 0 Å². The molecule has 0 aromatic carbocycles. The molecule has 1 heterocycles. The average Bonchev–Trinajstić information content (AvgIpc) is 2.80. The van der Waals surface area contributed by atoms with Gasteiger partial charge >= 0.3 is 0 Å². The van der Waals surface area contributed by atoms with Gasteiger partial charge in [0.15, 0.2) is 0 Å². The van der Waals surface area contributed by atoms with Gasteiger partial charge in [-0.1, -0.05) is 20.8 Å². The maximum atomic E-state index is 12.0. The first kappa shape index (κ1) is 16.7. The number of amides is 1. The number of nitrogens with zero attached hydrogens (tertiary/aromatic N) is 2. The Hall–Kier alpha value is -1.36. The quantitative estimate of drug-likeness (QED) is 0.806. The van der Waals surface area contributed by atoms with Gasteiger partial charge in [0, 0.05) is 19.2 Å². The maximum Gasteiger partial charge on any atom is 0.224 e. The molecule has 3 N–H and O–H groups in total. The van der Waals surface area contributed by atoms with E-state index in [9.17, 15) is 4.79 Å². The van der Waals surface area contributed by atoms with Gasteiger partial charge in [0.2, 0.25) is 5.91 Å². The van der Waals surface area contributed by atoms with E-state index >= 15 is 0 Å². The fraction of sp³-hybridized carbons (Fsp3) is 0.733. The molecular formula is C15H28N4O. The second-order valence-corrected chi connectivity index (χ2v) is 6.31.